The van der Waals surface area contributed by atoms with Crippen molar-refractivity contribution >= 4 is 29.0 Å². The third-order valence-corrected chi connectivity index (χ3v) is 4.81. The van der Waals surface area contributed by atoms with Crippen molar-refractivity contribution in [3.63, 3.8) is 0 Å². The molecule has 0 aliphatic heterocycles. The van der Waals surface area contributed by atoms with Gasteiger partial charge in [0.2, 0.25) is 5.91 Å². The summed E-state index contributed by atoms with van der Waals surface area (Å²) in [6.07, 6.45) is 3.60. The zero-order chi connectivity index (χ0) is 21.1. The number of carbonyl (C=O) groups is 1. The third kappa shape index (κ3) is 4.06. The van der Waals surface area contributed by atoms with Crippen molar-refractivity contribution in [1.82, 2.24) is 14.6 Å². The van der Waals surface area contributed by atoms with Crippen molar-refractivity contribution in [2.75, 3.05) is 19.5 Å². The highest BCUT2D eigenvalue weighted by Gasteiger charge is 2.18. The molecular formula is C22H19ClN4O3. The van der Waals surface area contributed by atoms with Crippen LogP contribution >= 0.6 is 11.6 Å². The number of halogens is 1. The summed E-state index contributed by atoms with van der Waals surface area (Å²) < 4.78 is 12.2. The van der Waals surface area contributed by atoms with Crippen LogP contribution < -0.4 is 14.8 Å². The molecule has 0 atom stereocenters. The Labute approximate surface area is 178 Å². The van der Waals surface area contributed by atoms with Crippen LogP contribution in [0.3, 0.4) is 0 Å². The summed E-state index contributed by atoms with van der Waals surface area (Å²) >= 11 is 6.03. The maximum atomic E-state index is 12.8. The number of hydrogen-bond donors (Lipinski definition) is 1. The topological polar surface area (TPSA) is 77.8 Å². The molecule has 0 bridgehead atoms. The SMILES string of the molecule is COc1cc(CC(=O)Nc2nn3cccnc3c2-c2ccc(Cl)cc2)cc(OC)c1. The standard InChI is InChI=1S/C22H19ClN4O3/c1-29-17-10-14(11-18(13-17)30-2)12-19(28)25-21-20(15-4-6-16(23)7-5-15)22-24-8-3-9-27(22)26-21/h3-11,13H,12H2,1-2H3,(H,25,26,28). The van der Waals surface area contributed by atoms with Crippen LogP contribution in [0.5, 0.6) is 11.5 Å². The van der Waals surface area contributed by atoms with Gasteiger partial charge in [-0.25, -0.2) is 9.50 Å². The molecular weight excluding hydrogens is 404 g/mol. The van der Waals surface area contributed by atoms with Crippen molar-refractivity contribution in [3.05, 3.63) is 71.5 Å². The van der Waals surface area contributed by atoms with Gasteiger partial charge < -0.3 is 14.8 Å². The van der Waals surface area contributed by atoms with E-state index in [2.05, 4.69) is 15.4 Å². The molecule has 2 aromatic heterocycles. The van der Waals surface area contributed by atoms with E-state index in [4.69, 9.17) is 21.1 Å². The normalized spacial score (nSPS) is 10.8. The van der Waals surface area contributed by atoms with Crippen LogP contribution in [0.25, 0.3) is 16.8 Å². The molecule has 2 aromatic carbocycles. The molecule has 0 unspecified atom stereocenters. The average Bonchev–Trinajstić information content (AvgIpc) is 3.11. The fraction of sp³-hybridized carbons (Fsp3) is 0.136. The fourth-order valence-corrected chi connectivity index (χ4v) is 3.31. The minimum atomic E-state index is -0.219. The van der Waals surface area contributed by atoms with Crippen LogP contribution in [0.2, 0.25) is 5.02 Å². The second kappa shape index (κ2) is 8.42. The number of fused-ring (bicyclic) bond motifs is 1. The molecule has 7 nitrogen and oxygen atoms in total. The zero-order valence-corrected chi connectivity index (χ0v) is 17.2. The molecule has 4 aromatic rings. The van der Waals surface area contributed by atoms with Crippen molar-refractivity contribution < 1.29 is 14.3 Å². The van der Waals surface area contributed by atoms with E-state index in [9.17, 15) is 4.79 Å². The molecule has 152 valence electrons. The Balaban J connectivity index is 1.66. The number of rotatable bonds is 6. The number of nitrogens with one attached hydrogen (secondary N) is 1. The van der Waals surface area contributed by atoms with Crippen molar-refractivity contribution in [2.45, 2.75) is 6.42 Å². The van der Waals surface area contributed by atoms with Crippen molar-refractivity contribution in [2.24, 2.45) is 0 Å². The van der Waals surface area contributed by atoms with Crippen LogP contribution in [0.4, 0.5) is 5.82 Å². The average molecular weight is 423 g/mol. The van der Waals surface area contributed by atoms with E-state index in [1.807, 2.05) is 12.1 Å². The molecule has 4 rings (SSSR count). The van der Waals surface area contributed by atoms with E-state index in [0.29, 0.717) is 28.0 Å². The smallest absolute Gasteiger partial charge is 0.230 e. The van der Waals surface area contributed by atoms with Gasteiger partial charge in [0, 0.05) is 23.5 Å². The van der Waals surface area contributed by atoms with Crippen molar-refractivity contribution in [1.29, 1.82) is 0 Å². The minimum Gasteiger partial charge on any atom is -0.497 e. The summed E-state index contributed by atoms with van der Waals surface area (Å²) in [5.41, 5.74) is 2.98. The Morgan fingerprint density at radius 2 is 1.80 bits per heavy atom. The Morgan fingerprint density at radius 3 is 2.47 bits per heavy atom. The van der Waals surface area contributed by atoms with E-state index in [-0.39, 0.29) is 12.3 Å². The molecule has 1 amide bonds. The van der Waals surface area contributed by atoms with Gasteiger partial charge >= 0.3 is 0 Å². The number of anilines is 1. The first-order valence-electron chi connectivity index (χ1n) is 9.18. The quantitative estimate of drug-likeness (QED) is 0.502. The van der Waals surface area contributed by atoms with Crippen LogP contribution in [0.15, 0.2) is 60.9 Å². The molecule has 0 fully saturated rings. The van der Waals surface area contributed by atoms with Gasteiger partial charge in [-0.15, -0.1) is 5.10 Å². The summed E-state index contributed by atoms with van der Waals surface area (Å²) in [6, 6.07) is 14.5. The Morgan fingerprint density at radius 1 is 1.10 bits per heavy atom. The maximum Gasteiger partial charge on any atom is 0.230 e. The van der Waals surface area contributed by atoms with Crippen LogP contribution in [0.1, 0.15) is 5.56 Å². The van der Waals surface area contributed by atoms with Gasteiger partial charge in [0.25, 0.3) is 0 Å². The molecule has 0 saturated carbocycles. The van der Waals surface area contributed by atoms with Gasteiger partial charge in [0.05, 0.1) is 26.2 Å². The predicted octanol–water partition coefficient (Wildman–Crippen LogP) is 4.25. The number of amides is 1. The molecule has 0 aliphatic carbocycles. The summed E-state index contributed by atoms with van der Waals surface area (Å²) in [4.78, 5) is 17.2. The summed E-state index contributed by atoms with van der Waals surface area (Å²) in [5.74, 6) is 1.45. The third-order valence-electron chi connectivity index (χ3n) is 4.56. The highest BCUT2D eigenvalue weighted by Crippen LogP contribution is 2.32. The second-order valence-electron chi connectivity index (χ2n) is 6.56. The molecule has 0 radical (unpaired) electrons. The number of benzene rings is 2. The van der Waals surface area contributed by atoms with E-state index < -0.39 is 0 Å². The van der Waals surface area contributed by atoms with Gasteiger partial charge in [-0.1, -0.05) is 23.7 Å². The fourth-order valence-electron chi connectivity index (χ4n) is 3.19. The van der Waals surface area contributed by atoms with E-state index >= 15 is 0 Å². The zero-order valence-electron chi connectivity index (χ0n) is 16.4. The predicted molar refractivity (Wildman–Crippen MR) is 115 cm³/mol. The number of nitrogens with zero attached hydrogens (tertiary/aromatic N) is 3. The van der Waals surface area contributed by atoms with Gasteiger partial charge in [-0.3, -0.25) is 4.79 Å². The monoisotopic (exact) mass is 422 g/mol. The number of hydrogen-bond acceptors (Lipinski definition) is 5. The molecule has 8 heteroatoms. The Kier molecular flexibility index (Phi) is 5.54. The summed E-state index contributed by atoms with van der Waals surface area (Å²) in [6.45, 7) is 0. The minimum absolute atomic E-state index is 0.134. The maximum absolute atomic E-state index is 12.8. The first kappa shape index (κ1) is 19.7. The lowest BCUT2D eigenvalue weighted by molar-refractivity contribution is -0.115. The molecule has 2 heterocycles. The van der Waals surface area contributed by atoms with Gasteiger partial charge in [0.1, 0.15) is 11.5 Å². The Hall–Kier alpha value is -3.58. The first-order chi connectivity index (χ1) is 14.6. The van der Waals surface area contributed by atoms with E-state index in [1.165, 1.54) is 0 Å². The largest absolute Gasteiger partial charge is 0.497 e. The number of methoxy groups -OCH3 is 2. The van der Waals surface area contributed by atoms with E-state index in [0.717, 1.165) is 16.7 Å². The van der Waals surface area contributed by atoms with Crippen LogP contribution in [-0.2, 0) is 11.2 Å². The van der Waals surface area contributed by atoms with E-state index in [1.54, 1.807) is 67.5 Å². The molecule has 0 aliphatic rings. The first-order valence-corrected chi connectivity index (χ1v) is 9.56. The van der Waals surface area contributed by atoms with Gasteiger partial charge in [0.15, 0.2) is 11.5 Å². The molecule has 1 N–H and O–H groups in total. The lowest BCUT2D eigenvalue weighted by Gasteiger charge is -2.09. The Bertz CT molecular complexity index is 1180. The lowest BCUT2D eigenvalue weighted by Crippen LogP contribution is -2.15. The van der Waals surface area contributed by atoms with Gasteiger partial charge in [-0.05, 0) is 41.5 Å². The molecule has 0 saturated heterocycles. The molecule has 0 spiro atoms. The second-order valence-corrected chi connectivity index (χ2v) is 7.00. The molecule has 30 heavy (non-hydrogen) atoms. The van der Waals surface area contributed by atoms with Gasteiger partial charge in [-0.2, -0.15) is 0 Å². The summed E-state index contributed by atoms with van der Waals surface area (Å²) in [7, 11) is 3.14. The number of carbonyl (C=O) groups excluding carboxylic acids is 1. The highest BCUT2D eigenvalue weighted by molar-refractivity contribution is 6.30. The van der Waals surface area contributed by atoms with Crippen molar-refractivity contribution in [3.8, 4) is 22.6 Å². The number of ether oxygens (including phenoxy) is 2. The summed E-state index contributed by atoms with van der Waals surface area (Å²) in [5, 5.41) is 8.04. The highest BCUT2D eigenvalue weighted by atomic mass is 35.5. The lowest BCUT2D eigenvalue weighted by atomic mass is 10.1. The van der Waals surface area contributed by atoms with Crippen LogP contribution in [0, 0.1) is 0 Å². The van der Waals surface area contributed by atoms with Crippen LogP contribution in [-0.4, -0.2) is 34.7 Å². The number of aromatic nitrogens is 3.